The van der Waals surface area contributed by atoms with Crippen molar-refractivity contribution in [3.05, 3.63) is 35.7 Å². The van der Waals surface area contributed by atoms with Crippen LogP contribution in [0.3, 0.4) is 0 Å². The number of aromatic nitrogens is 2. The van der Waals surface area contributed by atoms with E-state index < -0.39 is 0 Å². The van der Waals surface area contributed by atoms with Crippen LogP contribution in [-0.2, 0) is 11.2 Å². The predicted molar refractivity (Wildman–Crippen MR) is 136 cm³/mol. The first-order valence-electron chi connectivity index (χ1n) is 10.9. The summed E-state index contributed by atoms with van der Waals surface area (Å²) in [6, 6.07) is 7.27. The van der Waals surface area contributed by atoms with Gasteiger partial charge in [0.05, 0.1) is 0 Å². The van der Waals surface area contributed by atoms with Gasteiger partial charge in [-0.05, 0) is 37.0 Å². The van der Waals surface area contributed by atoms with E-state index in [-0.39, 0.29) is 0 Å². The first kappa shape index (κ1) is 35.5. The molecule has 0 aliphatic carbocycles. The van der Waals surface area contributed by atoms with Gasteiger partial charge in [-0.1, -0.05) is 80.9 Å². The van der Waals surface area contributed by atoms with Crippen molar-refractivity contribution in [3.63, 3.8) is 0 Å². The standard InChI is InChI=1S/C8H15N3S.C8H10O.C3H8.2C2H6.CH2O/c1-6(2)5-11(4)8-9-7(3)10-12-8;1-2-7-3-5-8(9)6-4-7;1-3-2;3*1-2/h6H,5H2,1-4H3;3-6,9H,2H2,1H3;3H2,1-2H3;2*1-2H3;1H2. The molecule has 1 N–H and O–H groups in total. The average molecular weight is 442 g/mol. The third-order valence-corrected chi connectivity index (χ3v) is 3.75. The number of hydrogen-bond donors (Lipinski definition) is 1. The normalized spacial score (nSPS) is 8.27. The molecule has 0 spiro atoms. The zero-order valence-electron chi connectivity index (χ0n) is 21.3. The number of carbonyl (C=O) groups is 1. The lowest BCUT2D eigenvalue weighted by Gasteiger charge is -2.16. The monoisotopic (exact) mass is 441 g/mol. The van der Waals surface area contributed by atoms with Gasteiger partial charge >= 0.3 is 0 Å². The Morgan fingerprint density at radius 2 is 1.47 bits per heavy atom. The molecule has 176 valence electrons. The number of anilines is 1. The number of aryl methyl sites for hydroxylation is 2. The Kier molecular flexibility index (Phi) is 32.0. The Morgan fingerprint density at radius 1 is 1.03 bits per heavy atom. The van der Waals surface area contributed by atoms with Gasteiger partial charge in [0.2, 0.25) is 5.13 Å². The fraction of sp³-hybridized carbons (Fsp3) is 0.625. The maximum absolute atomic E-state index is 8.85. The molecule has 0 unspecified atom stereocenters. The number of rotatable bonds is 4. The summed E-state index contributed by atoms with van der Waals surface area (Å²) in [4.78, 5) is 14.4. The molecule has 0 saturated carbocycles. The van der Waals surface area contributed by atoms with Crippen molar-refractivity contribution in [3.8, 4) is 5.75 Å². The van der Waals surface area contributed by atoms with Gasteiger partial charge < -0.3 is 14.8 Å². The fourth-order valence-electron chi connectivity index (χ4n) is 1.80. The van der Waals surface area contributed by atoms with E-state index in [0.717, 1.165) is 23.9 Å². The summed E-state index contributed by atoms with van der Waals surface area (Å²) in [5, 5.41) is 9.87. The Hall–Kier alpha value is -1.95. The van der Waals surface area contributed by atoms with Gasteiger partial charge in [0.15, 0.2) is 0 Å². The molecule has 2 rings (SSSR count). The van der Waals surface area contributed by atoms with Crippen LogP contribution in [0.2, 0.25) is 0 Å². The van der Waals surface area contributed by atoms with Crippen LogP contribution in [0.4, 0.5) is 5.13 Å². The molecule has 0 fully saturated rings. The van der Waals surface area contributed by atoms with Crippen LogP contribution in [0.5, 0.6) is 5.75 Å². The minimum Gasteiger partial charge on any atom is -0.508 e. The molecule has 6 heteroatoms. The second-order valence-electron chi connectivity index (χ2n) is 6.13. The summed E-state index contributed by atoms with van der Waals surface area (Å²) in [6.45, 7) is 23.7. The predicted octanol–water partition coefficient (Wildman–Crippen LogP) is 7.18. The molecule has 30 heavy (non-hydrogen) atoms. The van der Waals surface area contributed by atoms with Gasteiger partial charge in [0.25, 0.3) is 0 Å². The Bertz CT molecular complexity index is 558. The van der Waals surface area contributed by atoms with Crippen molar-refractivity contribution in [1.82, 2.24) is 9.36 Å². The van der Waals surface area contributed by atoms with E-state index >= 15 is 0 Å². The molecule has 0 atom stereocenters. The number of aromatic hydroxyl groups is 1. The summed E-state index contributed by atoms with van der Waals surface area (Å²) in [7, 11) is 2.06. The van der Waals surface area contributed by atoms with Gasteiger partial charge in [-0.25, -0.2) is 4.98 Å². The van der Waals surface area contributed by atoms with Crippen molar-refractivity contribution in [1.29, 1.82) is 0 Å². The van der Waals surface area contributed by atoms with Crippen molar-refractivity contribution in [2.45, 2.75) is 82.1 Å². The summed E-state index contributed by atoms with van der Waals surface area (Å²) in [5.74, 6) is 1.87. The molecule has 0 radical (unpaired) electrons. The lowest BCUT2D eigenvalue weighted by atomic mass is 10.2. The topological polar surface area (TPSA) is 66.3 Å². The van der Waals surface area contributed by atoms with E-state index in [2.05, 4.69) is 55.9 Å². The molecule has 0 bridgehead atoms. The minimum absolute atomic E-state index is 0.340. The van der Waals surface area contributed by atoms with Gasteiger partial charge in [-0.15, -0.1) is 0 Å². The zero-order chi connectivity index (χ0) is 24.5. The van der Waals surface area contributed by atoms with E-state index in [9.17, 15) is 0 Å². The zero-order valence-corrected chi connectivity index (χ0v) is 22.1. The molecule has 1 aromatic carbocycles. The molecule has 0 aliphatic rings. The highest BCUT2D eigenvalue weighted by molar-refractivity contribution is 7.09. The van der Waals surface area contributed by atoms with Crippen molar-refractivity contribution in [2.75, 3.05) is 18.5 Å². The van der Waals surface area contributed by atoms with Crippen molar-refractivity contribution < 1.29 is 9.90 Å². The third kappa shape index (κ3) is 22.3. The first-order valence-corrected chi connectivity index (χ1v) is 11.7. The quantitative estimate of drug-likeness (QED) is 0.544. The number of phenols is 1. The second-order valence-corrected chi connectivity index (χ2v) is 6.86. The van der Waals surface area contributed by atoms with E-state index in [4.69, 9.17) is 9.90 Å². The van der Waals surface area contributed by atoms with Crippen molar-refractivity contribution in [2.24, 2.45) is 5.92 Å². The number of nitrogens with zero attached hydrogens (tertiary/aromatic N) is 3. The summed E-state index contributed by atoms with van der Waals surface area (Å²) < 4.78 is 4.13. The summed E-state index contributed by atoms with van der Waals surface area (Å²) in [5.41, 5.74) is 1.26. The fourth-order valence-corrected chi connectivity index (χ4v) is 2.44. The summed E-state index contributed by atoms with van der Waals surface area (Å²) >= 11 is 1.46. The van der Waals surface area contributed by atoms with E-state index in [1.165, 1.54) is 23.5 Å². The van der Waals surface area contributed by atoms with Gasteiger partial charge in [0, 0.05) is 25.1 Å². The lowest BCUT2D eigenvalue weighted by molar-refractivity contribution is -0.0979. The van der Waals surface area contributed by atoms with Gasteiger partial charge in [-0.3, -0.25) is 0 Å². The summed E-state index contributed by atoms with van der Waals surface area (Å²) in [6.07, 6.45) is 2.28. The number of hydrogen-bond acceptors (Lipinski definition) is 6. The smallest absolute Gasteiger partial charge is 0.204 e. The Morgan fingerprint density at radius 3 is 1.77 bits per heavy atom. The molecular formula is C24H47N3O2S. The minimum atomic E-state index is 0.340. The van der Waals surface area contributed by atoms with E-state index in [1.54, 1.807) is 12.1 Å². The highest BCUT2D eigenvalue weighted by Crippen LogP contribution is 2.15. The van der Waals surface area contributed by atoms with Crippen LogP contribution in [0.1, 0.15) is 80.1 Å². The second kappa shape index (κ2) is 27.0. The molecule has 2 aromatic rings. The van der Waals surface area contributed by atoms with Gasteiger partial charge in [-0.2, -0.15) is 4.37 Å². The van der Waals surface area contributed by atoms with Crippen molar-refractivity contribution >= 4 is 23.5 Å². The number of benzene rings is 1. The lowest BCUT2D eigenvalue weighted by Crippen LogP contribution is -2.22. The molecular weight excluding hydrogens is 394 g/mol. The van der Waals surface area contributed by atoms with E-state index in [0.29, 0.717) is 11.7 Å². The number of phenolic OH excluding ortho intramolecular Hbond substituents is 1. The first-order chi connectivity index (χ1) is 14.3. The van der Waals surface area contributed by atoms with Crippen LogP contribution >= 0.6 is 11.5 Å². The van der Waals surface area contributed by atoms with Crippen LogP contribution in [0.15, 0.2) is 24.3 Å². The van der Waals surface area contributed by atoms with Crippen LogP contribution in [-0.4, -0.2) is 34.8 Å². The maximum atomic E-state index is 8.85. The third-order valence-electron chi connectivity index (χ3n) is 2.83. The molecule has 5 nitrogen and oxygen atoms in total. The van der Waals surface area contributed by atoms with Crippen LogP contribution < -0.4 is 4.90 Å². The van der Waals surface area contributed by atoms with Gasteiger partial charge in [0.1, 0.15) is 18.4 Å². The SMILES string of the molecule is C=O.CC.CC.CCC.CCc1ccc(O)cc1.Cc1nsc(N(C)CC(C)C)n1. The number of carbonyl (C=O) groups excluding carboxylic acids is 1. The molecule has 0 amide bonds. The Labute approximate surface area is 190 Å². The van der Waals surface area contributed by atoms with E-state index in [1.807, 2.05) is 53.5 Å². The molecule has 1 heterocycles. The molecule has 0 aliphatic heterocycles. The molecule has 1 aromatic heterocycles. The average Bonchev–Trinajstić information content (AvgIpc) is 3.20. The molecule has 0 saturated heterocycles. The highest BCUT2D eigenvalue weighted by atomic mass is 32.1. The Balaban J connectivity index is -0.000000166. The maximum Gasteiger partial charge on any atom is 0.204 e. The highest BCUT2D eigenvalue weighted by Gasteiger charge is 2.07. The largest absolute Gasteiger partial charge is 0.508 e. The van der Waals surface area contributed by atoms with Crippen LogP contribution in [0.25, 0.3) is 0 Å². The van der Waals surface area contributed by atoms with Crippen LogP contribution in [0, 0.1) is 12.8 Å².